The van der Waals surface area contributed by atoms with Crippen molar-refractivity contribution in [2.45, 2.75) is 19.8 Å². The summed E-state index contributed by atoms with van der Waals surface area (Å²) in [4.78, 5) is 16.5. The summed E-state index contributed by atoms with van der Waals surface area (Å²) in [6, 6.07) is 0. The minimum atomic E-state index is -0.755. The minimum absolute atomic E-state index is 0.247. The molecule has 1 aromatic heterocycles. The van der Waals surface area contributed by atoms with E-state index in [1.165, 1.54) is 6.33 Å². The van der Waals surface area contributed by atoms with Gasteiger partial charge in [0.15, 0.2) is 0 Å². The standard InChI is InChI=1S/C7H9FN2O/c1-2-3-5-6(8)7(11)10-4-9-5/h4H,2-3H2,1H3,(H,9,10,11). The molecule has 0 aliphatic carbocycles. The van der Waals surface area contributed by atoms with Crippen molar-refractivity contribution in [3.05, 3.63) is 28.2 Å². The molecule has 0 aromatic carbocycles. The largest absolute Gasteiger partial charge is 0.311 e. The van der Waals surface area contributed by atoms with E-state index in [2.05, 4.69) is 9.97 Å². The van der Waals surface area contributed by atoms with Crippen molar-refractivity contribution in [1.82, 2.24) is 9.97 Å². The summed E-state index contributed by atoms with van der Waals surface area (Å²) >= 11 is 0. The van der Waals surface area contributed by atoms with Crippen LogP contribution in [0.5, 0.6) is 0 Å². The van der Waals surface area contributed by atoms with Crippen molar-refractivity contribution in [2.24, 2.45) is 0 Å². The predicted octanol–water partition coefficient (Wildman–Crippen LogP) is 0.861. The van der Waals surface area contributed by atoms with E-state index in [1.807, 2.05) is 6.92 Å². The fourth-order valence-electron chi connectivity index (χ4n) is 0.831. The maximum atomic E-state index is 12.8. The van der Waals surface area contributed by atoms with Gasteiger partial charge in [-0.25, -0.2) is 4.98 Å². The molecular weight excluding hydrogens is 147 g/mol. The van der Waals surface area contributed by atoms with Crippen LogP contribution in [0.25, 0.3) is 0 Å². The summed E-state index contributed by atoms with van der Waals surface area (Å²) in [6.07, 6.45) is 2.51. The average molecular weight is 156 g/mol. The number of nitrogens with one attached hydrogen (secondary N) is 1. The Bertz CT molecular complexity index is 295. The van der Waals surface area contributed by atoms with Gasteiger partial charge in [0.25, 0.3) is 5.56 Å². The number of aryl methyl sites for hydroxylation is 1. The minimum Gasteiger partial charge on any atom is -0.311 e. The lowest BCUT2D eigenvalue weighted by molar-refractivity contribution is 0.575. The highest BCUT2D eigenvalue weighted by Gasteiger charge is 2.04. The number of rotatable bonds is 2. The number of aromatic nitrogens is 2. The Hall–Kier alpha value is -1.19. The van der Waals surface area contributed by atoms with Crippen molar-refractivity contribution < 1.29 is 4.39 Å². The van der Waals surface area contributed by atoms with E-state index in [0.717, 1.165) is 6.42 Å². The van der Waals surface area contributed by atoms with Crippen LogP contribution < -0.4 is 5.56 Å². The van der Waals surface area contributed by atoms with Crippen molar-refractivity contribution in [3.63, 3.8) is 0 Å². The zero-order chi connectivity index (χ0) is 8.27. The molecule has 0 fully saturated rings. The highest BCUT2D eigenvalue weighted by Crippen LogP contribution is 1.98. The molecule has 0 unspecified atom stereocenters. The molecule has 0 saturated carbocycles. The number of hydrogen-bond donors (Lipinski definition) is 1. The summed E-state index contributed by atoms with van der Waals surface area (Å²) in [5, 5.41) is 0. The highest BCUT2D eigenvalue weighted by atomic mass is 19.1. The Morgan fingerprint density at radius 1 is 1.73 bits per heavy atom. The van der Waals surface area contributed by atoms with Gasteiger partial charge in [0, 0.05) is 0 Å². The number of H-pyrrole nitrogens is 1. The van der Waals surface area contributed by atoms with Gasteiger partial charge in [-0.05, 0) is 6.42 Å². The molecule has 0 amide bonds. The molecule has 0 bridgehead atoms. The molecule has 0 aliphatic heterocycles. The van der Waals surface area contributed by atoms with Gasteiger partial charge in [-0.2, -0.15) is 4.39 Å². The van der Waals surface area contributed by atoms with Crippen LogP contribution in [0.2, 0.25) is 0 Å². The lowest BCUT2D eigenvalue weighted by Crippen LogP contribution is -2.14. The summed E-state index contributed by atoms with van der Waals surface area (Å²) in [5.74, 6) is -0.755. The van der Waals surface area contributed by atoms with Crippen molar-refractivity contribution in [1.29, 1.82) is 0 Å². The quantitative estimate of drug-likeness (QED) is 0.690. The van der Waals surface area contributed by atoms with E-state index in [0.29, 0.717) is 6.42 Å². The van der Waals surface area contributed by atoms with Gasteiger partial charge in [0.05, 0.1) is 12.0 Å². The molecule has 11 heavy (non-hydrogen) atoms. The van der Waals surface area contributed by atoms with Crippen molar-refractivity contribution in [2.75, 3.05) is 0 Å². The van der Waals surface area contributed by atoms with Crippen LogP contribution in [0, 0.1) is 5.82 Å². The Balaban J connectivity index is 3.06. The van der Waals surface area contributed by atoms with E-state index in [-0.39, 0.29) is 5.69 Å². The first-order chi connectivity index (χ1) is 5.25. The van der Waals surface area contributed by atoms with E-state index in [1.54, 1.807) is 0 Å². The van der Waals surface area contributed by atoms with Gasteiger partial charge < -0.3 is 4.98 Å². The normalized spacial score (nSPS) is 10.0. The summed E-state index contributed by atoms with van der Waals surface area (Å²) in [7, 11) is 0. The molecule has 1 rings (SSSR count). The first kappa shape index (κ1) is 7.91. The Morgan fingerprint density at radius 2 is 2.45 bits per heavy atom. The Labute approximate surface area is 63.3 Å². The highest BCUT2D eigenvalue weighted by molar-refractivity contribution is 5.01. The van der Waals surface area contributed by atoms with Crippen LogP contribution in [-0.2, 0) is 6.42 Å². The second-order valence-electron chi connectivity index (χ2n) is 2.24. The Morgan fingerprint density at radius 3 is 3.09 bits per heavy atom. The lowest BCUT2D eigenvalue weighted by Gasteiger charge is -1.96. The molecule has 1 heterocycles. The summed E-state index contributed by atoms with van der Waals surface area (Å²) in [5.41, 5.74) is -0.445. The van der Waals surface area contributed by atoms with E-state index in [9.17, 15) is 9.18 Å². The number of halogens is 1. The van der Waals surface area contributed by atoms with Crippen LogP contribution in [0.4, 0.5) is 4.39 Å². The third-order valence-electron chi connectivity index (χ3n) is 1.36. The van der Waals surface area contributed by atoms with Crippen LogP contribution in [0.15, 0.2) is 11.1 Å². The molecule has 0 aliphatic rings. The SMILES string of the molecule is CCCc1nc[nH]c(=O)c1F. The average Bonchev–Trinajstić information content (AvgIpc) is 1.99. The zero-order valence-electron chi connectivity index (χ0n) is 6.22. The van der Waals surface area contributed by atoms with Crippen LogP contribution in [0.1, 0.15) is 19.0 Å². The zero-order valence-corrected chi connectivity index (χ0v) is 6.22. The van der Waals surface area contributed by atoms with E-state index >= 15 is 0 Å². The van der Waals surface area contributed by atoms with Gasteiger partial charge in [0.1, 0.15) is 0 Å². The predicted molar refractivity (Wildman–Crippen MR) is 38.8 cm³/mol. The summed E-state index contributed by atoms with van der Waals surface area (Å²) in [6.45, 7) is 1.91. The first-order valence-electron chi connectivity index (χ1n) is 3.47. The Kier molecular flexibility index (Phi) is 2.36. The third kappa shape index (κ3) is 1.63. The van der Waals surface area contributed by atoms with Crippen molar-refractivity contribution >= 4 is 0 Å². The van der Waals surface area contributed by atoms with Gasteiger partial charge in [-0.15, -0.1) is 0 Å². The van der Waals surface area contributed by atoms with Crippen LogP contribution in [-0.4, -0.2) is 9.97 Å². The third-order valence-corrected chi connectivity index (χ3v) is 1.36. The molecule has 0 radical (unpaired) electrons. The molecule has 4 heteroatoms. The first-order valence-corrected chi connectivity index (χ1v) is 3.47. The molecule has 0 saturated heterocycles. The molecule has 60 valence electrons. The van der Waals surface area contributed by atoms with Crippen molar-refractivity contribution in [3.8, 4) is 0 Å². The molecule has 1 N–H and O–H groups in total. The number of hydrogen-bond acceptors (Lipinski definition) is 2. The second-order valence-corrected chi connectivity index (χ2v) is 2.24. The van der Waals surface area contributed by atoms with Crippen LogP contribution >= 0.6 is 0 Å². The molecule has 3 nitrogen and oxygen atoms in total. The topological polar surface area (TPSA) is 45.8 Å². The molecular formula is C7H9FN2O. The molecule has 1 aromatic rings. The van der Waals surface area contributed by atoms with Gasteiger partial charge in [-0.1, -0.05) is 13.3 Å². The molecule has 0 spiro atoms. The lowest BCUT2D eigenvalue weighted by atomic mass is 10.2. The fraction of sp³-hybridized carbons (Fsp3) is 0.429. The number of aromatic amines is 1. The maximum absolute atomic E-state index is 12.8. The number of nitrogens with zero attached hydrogens (tertiary/aromatic N) is 1. The smallest absolute Gasteiger partial charge is 0.287 e. The van der Waals surface area contributed by atoms with Crippen LogP contribution in [0.3, 0.4) is 0 Å². The fourth-order valence-corrected chi connectivity index (χ4v) is 0.831. The monoisotopic (exact) mass is 156 g/mol. The second kappa shape index (κ2) is 3.27. The van der Waals surface area contributed by atoms with E-state index < -0.39 is 11.4 Å². The summed E-state index contributed by atoms with van der Waals surface area (Å²) < 4.78 is 12.8. The van der Waals surface area contributed by atoms with Gasteiger partial charge in [-0.3, -0.25) is 4.79 Å². The maximum Gasteiger partial charge on any atom is 0.287 e. The van der Waals surface area contributed by atoms with E-state index in [4.69, 9.17) is 0 Å². The van der Waals surface area contributed by atoms with Gasteiger partial charge in [0.2, 0.25) is 5.82 Å². The molecule has 0 atom stereocenters. The van der Waals surface area contributed by atoms with Gasteiger partial charge >= 0.3 is 0 Å².